The summed E-state index contributed by atoms with van der Waals surface area (Å²) in [6.45, 7) is 0.969. The van der Waals surface area contributed by atoms with Gasteiger partial charge in [0.15, 0.2) is 5.78 Å². The fourth-order valence-corrected chi connectivity index (χ4v) is 2.63. The van der Waals surface area contributed by atoms with Crippen molar-refractivity contribution < 1.29 is 14.3 Å². The molecule has 4 nitrogen and oxygen atoms in total. The average molecular weight is 277 g/mol. The van der Waals surface area contributed by atoms with Crippen LogP contribution in [-0.4, -0.2) is 32.1 Å². The predicted molar refractivity (Wildman–Crippen MR) is 78.1 cm³/mol. The Morgan fingerprint density at radius 3 is 2.60 bits per heavy atom. The largest absolute Gasteiger partial charge is 0.490 e. The Morgan fingerprint density at radius 2 is 1.90 bits per heavy atom. The van der Waals surface area contributed by atoms with E-state index in [1.54, 1.807) is 7.11 Å². The Hall–Kier alpha value is -1.39. The SMILES string of the molecule is COCCOc1ccccc1C(=O)C1CCC(N)CC1. The number of ether oxygens (including phenoxy) is 2. The third kappa shape index (κ3) is 3.81. The molecule has 0 radical (unpaired) electrons. The molecule has 2 rings (SSSR count). The molecule has 0 bridgehead atoms. The van der Waals surface area contributed by atoms with Crippen molar-refractivity contribution in [2.75, 3.05) is 20.3 Å². The first kappa shape index (κ1) is 15.0. The van der Waals surface area contributed by atoms with Gasteiger partial charge in [-0.15, -0.1) is 0 Å². The quantitative estimate of drug-likeness (QED) is 0.640. The fraction of sp³-hybridized carbons (Fsp3) is 0.562. The van der Waals surface area contributed by atoms with E-state index in [4.69, 9.17) is 15.2 Å². The lowest BCUT2D eigenvalue weighted by Crippen LogP contribution is -2.30. The van der Waals surface area contributed by atoms with Crippen LogP contribution in [0.2, 0.25) is 0 Å². The maximum Gasteiger partial charge on any atom is 0.169 e. The van der Waals surface area contributed by atoms with E-state index in [2.05, 4.69) is 0 Å². The molecule has 0 amide bonds. The van der Waals surface area contributed by atoms with E-state index in [1.807, 2.05) is 24.3 Å². The lowest BCUT2D eigenvalue weighted by atomic mass is 9.82. The number of rotatable bonds is 6. The monoisotopic (exact) mass is 277 g/mol. The number of Topliss-reactive ketones (excluding diaryl/α,β-unsaturated/α-hetero) is 1. The summed E-state index contributed by atoms with van der Waals surface area (Å²) in [6.07, 6.45) is 3.63. The van der Waals surface area contributed by atoms with E-state index < -0.39 is 0 Å². The van der Waals surface area contributed by atoms with Crippen molar-refractivity contribution in [3.8, 4) is 5.75 Å². The van der Waals surface area contributed by atoms with E-state index >= 15 is 0 Å². The molecular formula is C16H23NO3. The Kier molecular flexibility index (Phi) is 5.56. The van der Waals surface area contributed by atoms with Crippen molar-refractivity contribution in [2.45, 2.75) is 31.7 Å². The summed E-state index contributed by atoms with van der Waals surface area (Å²) in [5.74, 6) is 0.927. The third-order valence-electron chi connectivity index (χ3n) is 3.84. The van der Waals surface area contributed by atoms with Crippen LogP contribution in [0.25, 0.3) is 0 Å². The van der Waals surface area contributed by atoms with Crippen LogP contribution in [0.3, 0.4) is 0 Å². The first-order chi connectivity index (χ1) is 9.72. The van der Waals surface area contributed by atoms with Crippen molar-refractivity contribution in [1.82, 2.24) is 0 Å². The van der Waals surface area contributed by atoms with Gasteiger partial charge in [0, 0.05) is 19.1 Å². The normalized spacial score (nSPS) is 22.5. The molecule has 1 aliphatic rings. The molecule has 0 aromatic heterocycles. The molecular weight excluding hydrogens is 254 g/mol. The van der Waals surface area contributed by atoms with E-state index in [0.717, 1.165) is 25.7 Å². The highest BCUT2D eigenvalue weighted by Crippen LogP contribution is 2.29. The van der Waals surface area contributed by atoms with E-state index in [1.165, 1.54) is 0 Å². The van der Waals surface area contributed by atoms with Gasteiger partial charge in [0.25, 0.3) is 0 Å². The predicted octanol–water partition coefficient (Wildman–Crippen LogP) is 2.41. The van der Waals surface area contributed by atoms with Crippen LogP contribution in [0.4, 0.5) is 0 Å². The Labute approximate surface area is 120 Å². The Morgan fingerprint density at radius 1 is 1.20 bits per heavy atom. The smallest absolute Gasteiger partial charge is 0.169 e. The molecule has 0 saturated heterocycles. The standard InChI is InChI=1S/C16H23NO3/c1-19-10-11-20-15-5-3-2-4-14(15)16(18)12-6-8-13(17)9-7-12/h2-5,12-13H,6-11,17H2,1H3. The molecule has 1 aliphatic carbocycles. The molecule has 0 aliphatic heterocycles. The number of carbonyl (C=O) groups is 1. The van der Waals surface area contributed by atoms with E-state index in [0.29, 0.717) is 24.5 Å². The average Bonchev–Trinajstić information content (AvgIpc) is 2.48. The van der Waals surface area contributed by atoms with Gasteiger partial charge in [-0.05, 0) is 37.8 Å². The minimum absolute atomic E-state index is 0.0852. The lowest BCUT2D eigenvalue weighted by molar-refractivity contribution is 0.0877. The highest BCUT2D eigenvalue weighted by atomic mass is 16.5. The van der Waals surface area contributed by atoms with Crippen LogP contribution in [-0.2, 0) is 4.74 Å². The molecule has 2 N–H and O–H groups in total. The minimum Gasteiger partial charge on any atom is -0.490 e. The number of carbonyl (C=O) groups excluding carboxylic acids is 1. The number of hydrogen-bond donors (Lipinski definition) is 1. The van der Waals surface area contributed by atoms with Gasteiger partial charge in [-0.2, -0.15) is 0 Å². The molecule has 1 fully saturated rings. The van der Waals surface area contributed by atoms with E-state index in [-0.39, 0.29) is 17.7 Å². The molecule has 0 heterocycles. The molecule has 1 saturated carbocycles. The number of para-hydroxylation sites is 1. The first-order valence-corrected chi connectivity index (χ1v) is 7.23. The number of ketones is 1. The molecule has 20 heavy (non-hydrogen) atoms. The van der Waals surface area contributed by atoms with Crippen LogP contribution in [0.15, 0.2) is 24.3 Å². The number of methoxy groups -OCH3 is 1. The highest BCUT2D eigenvalue weighted by Gasteiger charge is 2.27. The van der Waals surface area contributed by atoms with Gasteiger partial charge in [0.2, 0.25) is 0 Å². The number of nitrogens with two attached hydrogens (primary N) is 1. The molecule has 110 valence electrons. The minimum atomic E-state index is 0.0852. The van der Waals surface area contributed by atoms with Crippen molar-refractivity contribution in [1.29, 1.82) is 0 Å². The molecule has 0 atom stereocenters. The fourth-order valence-electron chi connectivity index (χ4n) is 2.63. The summed E-state index contributed by atoms with van der Waals surface area (Å²) in [5.41, 5.74) is 6.58. The Bertz CT molecular complexity index is 439. The Balaban J connectivity index is 2.05. The van der Waals surface area contributed by atoms with Crippen LogP contribution < -0.4 is 10.5 Å². The third-order valence-corrected chi connectivity index (χ3v) is 3.84. The van der Waals surface area contributed by atoms with Gasteiger partial charge >= 0.3 is 0 Å². The summed E-state index contributed by atoms with van der Waals surface area (Å²) in [5, 5.41) is 0. The second kappa shape index (κ2) is 7.41. The summed E-state index contributed by atoms with van der Waals surface area (Å²) >= 11 is 0. The van der Waals surface area contributed by atoms with Crippen molar-refractivity contribution >= 4 is 5.78 Å². The maximum absolute atomic E-state index is 12.6. The van der Waals surface area contributed by atoms with Crippen molar-refractivity contribution in [3.63, 3.8) is 0 Å². The van der Waals surface area contributed by atoms with Crippen molar-refractivity contribution in [2.24, 2.45) is 11.7 Å². The topological polar surface area (TPSA) is 61.5 Å². The lowest BCUT2D eigenvalue weighted by Gasteiger charge is -2.25. The van der Waals surface area contributed by atoms with Gasteiger partial charge in [0.1, 0.15) is 12.4 Å². The van der Waals surface area contributed by atoms with Gasteiger partial charge < -0.3 is 15.2 Å². The maximum atomic E-state index is 12.6. The van der Waals surface area contributed by atoms with Crippen LogP contribution in [0.1, 0.15) is 36.0 Å². The summed E-state index contributed by atoms with van der Waals surface area (Å²) in [7, 11) is 1.63. The summed E-state index contributed by atoms with van der Waals surface area (Å²) in [4.78, 5) is 12.6. The van der Waals surface area contributed by atoms with Crippen molar-refractivity contribution in [3.05, 3.63) is 29.8 Å². The molecule has 1 aromatic carbocycles. The highest BCUT2D eigenvalue weighted by molar-refractivity contribution is 6.00. The van der Waals surface area contributed by atoms with Crippen LogP contribution >= 0.6 is 0 Å². The van der Waals surface area contributed by atoms with Gasteiger partial charge in [-0.1, -0.05) is 12.1 Å². The summed E-state index contributed by atoms with van der Waals surface area (Å²) in [6, 6.07) is 7.71. The zero-order chi connectivity index (χ0) is 14.4. The van der Waals surface area contributed by atoms with Gasteiger partial charge in [0.05, 0.1) is 12.2 Å². The summed E-state index contributed by atoms with van der Waals surface area (Å²) < 4.78 is 10.6. The number of benzene rings is 1. The molecule has 4 heteroatoms. The van der Waals surface area contributed by atoms with Crippen LogP contribution in [0, 0.1) is 5.92 Å². The van der Waals surface area contributed by atoms with Gasteiger partial charge in [-0.25, -0.2) is 0 Å². The molecule has 0 unspecified atom stereocenters. The first-order valence-electron chi connectivity index (χ1n) is 7.23. The zero-order valence-corrected chi connectivity index (χ0v) is 12.0. The molecule has 1 aromatic rings. The van der Waals surface area contributed by atoms with Gasteiger partial charge in [-0.3, -0.25) is 4.79 Å². The second-order valence-corrected chi connectivity index (χ2v) is 5.31. The number of hydrogen-bond acceptors (Lipinski definition) is 4. The molecule has 0 spiro atoms. The van der Waals surface area contributed by atoms with Crippen LogP contribution in [0.5, 0.6) is 5.75 Å². The second-order valence-electron chi connectivity index (χ2n) is 5.31. The van der Waals surface area contributed by atoms with E-state index in [9.17, 15) is 4.79 Å². The zero-order valence-electron chi connectivity index (χ0n) is 12.0.